The number of hydrogen-bond donors (Lipinski definition) is 1. The van der Waals surface area contributed by atoms with Gasteiger partial charge in [-0.2, -0.15) is 0 Å². The monoisotopic (exact) mass is 500 g/mol. The molecule has 8 nitrogen and oxygen atoms in total. The van der Waals surface area contributed by atoms with Crippen molar-refractivity contribution in [1.29, 1.82) is 0 Å². The van der Waals surface area contributed by atoms with Crippen molar-refractivity contribution >= 4 is 28.3 Å². The van der Waals surface area contributed by atoms with Crippen LogP contribution in [0, 0.1) is 23.2 Å². The third kappa shape index (κ3) is 3.75. The molecule has 9 heteroatoms. The summed E-state index contributed by atoms with van der Waals surface area (Å²) in [6, 6.07) is 3.25. The van der Waals surface area contributed by atoms with Gasteiger partial charge >= 0.3 is 5.97 Å². The van der Waals surface area contributed by atoms with Crippen LogP contribution in [0.5, 0.6) is 17.2 Å². The van der Waals surface area contributed by atoms with Crippen LogP contribution in [-0.4, -0.2) is 44.3 Å². The van der Waals surface area contributed by atoms with Crippen molar-refractivity contribution in [1.82, 2.24) is 4.98 Å². The van der Waals surface area contributed by atoms with Crippen molar-refractivity contribution in [2.75, 3.05) is 26.6 Å². The third-order valence-corrected chi connectivity index (χ3v) is 9.29. The number of thiazole rings is 1. The Labute approximate surface area is 209 Å². The van der Waals surface area contributed by atoms with E-state index >= 15 is 0 Å². The number of anilines is 1. The second-order valence-electron chi connectivity index (χ2n) is 10.2. The van der Waals surface area contributed by atoms with Crippen LogP contribution < -0.4 is 19.5 Å². The van der Waals surface area contributed by atoms with Crippen molar-refractivity contribution in [2.24, 2.45) is 23.2 Å². The highest BCUT2D eigenvalue weighted by molar-refractivity contribution is 7.15. The van der Waals surface area contributed by atoms with Crippen molar-refractivity contribution < 1.29 is 28.5 Å². The van der Waals surface area contributed by atoms with Crippen LogP contribution in [-0.2, 0) is 16.0 Å². The highest BCUT2D eigenvalue weighted by atomic mass is 32.1. The Balaban J connectivity index is 1.42. The minimum atomic E-state index is -0.301. The zero-order chi connectivity index (χ0) is 25.1. The van der Waals surface area contributed by atoms with Crippen molar-refractivity contribution in [2.45, 2.75) is 52.1 Å². The number of esters is 1. The first-order valence-electron chi connectivity index (χ1n) is 12.0. The molecule has 35 heavy (non-hydrogen) atoms. The normalized spacial score (nSPS) is 31.0. The SMILES string of the molecule is COc1cc(C(=O)Nc2nc3c(s2)C[C@@]2(C)CC[C@@H]4[C@H](OC(=O)[C@H]4C)[C@H]2[C@@H]3C)cc(OC)c1OC. The van der Waals surface area contributed by atoms with Gasteiger partial charge in [-0.25, -0.2) is 4.98 Å². The lowest BCUT2D eigenvalue weighted by Crippen LogP contribution is -2.50. The van der Waals surface area contributed by atoms with Gasteiger partial charge in [0.05, 0.1) is 32.9 Å². The summed E-state index contributed by atoms with van der Waals surface area (Å²) in [5, 5.41) is 3.53. The zero-order valence-corrected chi connectivity index (χ0v) is 21.8. The lowest BCUT2D eigenvalue weighted by molar-refractivity contribution is -0.149. The Bertz CT molecular complexity index is 1150. The van der Waals surface area contributed by atoms with Crippen LogP contribution >= 0.6 is 11.3 Å². The maximum absolute atomic E-state index is 13.1. The van der Waals surface area contributed by atoms with Gasteiger partial charge < -0.3 is 18.9 Å². The Hall–Kier alpha value is -2.81. The number of amides is 1. The molecule has 1 aliphatic heterocycles. The van der Waals surface area contributed by atoms with Gasteiger partial charge in [0.2, 0.25) is 5.75 Å². The standard InChI is InChI=1S/C26H32N2O6S/c1-12-15-7-8-26(3)11-18-20(13(2)19(26)21(15)34-24(12)30)27-25(35-18)28-23(29)14-9-16(31-4)22(33-6)17(10-14)32-5/h9-10,12-13,15,19,21H,7-8,11H2,1-6H3,(H,27,28,29)/t12-,13-,15-,19+,21-,26+/m0/s1. The molecule has 2 aliphatic carbocycles. The van der Waals surface area contributed by atoms with Crippen LogP contribution in [0.4, 0.5) is 5.13 Å². The topological polar surface area (TPSA) is 96.0 Å². The van der Waals surface area contributed by atoms with E-state index in [1.54, 1.807) is 12.1 Å². The number of carbonyl (C=O) groups excluding carboxylic acids is 2. The lowest BCUT2D eigenvalue weighted by Gasteiger charge is -2.51. The minimum Gasteiger partial charge on any atom is -0.493 e. The molecular weight excluding hydrogens is 468 g/mol. The summed E-state index contributed by atoms with van der Waals surface area (Å²) in [6.45, 7) is 6.50. The second-order valence-corrected chi connectivity index (χ2v) is 11.3. The van der Waals surface area contributed by atoms with Gasteiger partial charge in [0.1, 0.15) is 6.10 Å². The molecule has 3 aliphatic rings. The lowest BCUT2D eigenvalue weighted by atomic mass is 9.54. The number of methoxy groups -OCH3 is 3. The number of nitrogens with one attached hydrogen (secondary N) is 1. The maximum atomic E-state index is 13.1. The first-order valence-corrected chi connectivity index (χ1v) is 12.8. The van der Waals surface area contributed by atoms with Gasteiger partial charge in [0, 0.05) is 28.2 Å². The van der Waals surface area contributed by atoms with Crippen LogP contribution in [0.3, 0.4) is 0 Å². The number of ether oxygens (including phenoxy) is 4. The van der Waals surface area contributed by atoms with E-state index in [0.717, 1.165) is 25.0 Å². The van der Waals surface area contributed by atoms with Crippen molar-refractivity contribution in [3.63, 3.8) is 0 Å². The smallest absolute Gasteiger partial charge is 0.309 e. The molecule has 188 valence electrons. The van der Waals surface area contributed by atoms with E-state index in [0.29, 0.717) is 27.9 Å². The fourth-order valence-corrected chi connectivity index (χ4v) is 7.77. The number of nitrogens with zero attached hydrogens (tertiary/aromatic N) is 1. The van der Waals surface area contributed by atoms with Crippen LogP contribution in [0.25, 0.3) is 0 Å². The summed E-state index contributed by atoms with van der Waals surface area (Å²) in [5.41, 5.74) is 1.44. The number of rotatable bonds is 5. The summed E-state index contributed by atoms with van der Waals surface area (Å²) in [7, 11) is 4.55. The van der Waals surface area contributed by atoms with Crippen LogP contribution in [0.1, 0.15) is 60.5 Å². The van der Waals surface area contributed by atoms with E-state index in [-0.39, 0.29) is 47.1 Å². The molecule has 0 unspecified atom stereocenters. The predicted octanol–water partition coefficient (Wildman–Crippen LogP) is 4.67. The maximum Gasteiger partial charge on any atom is 0.309 e. The number of carbonyl (C=O) groups is 2. The highest BCUT2D eigenvalue weighted by Gasteiger charge is 2.58. The van der Waals surface area contributed by atoms with Gasteiger partial charge in [-0.05, 0) is 36.8 Å². The second kappa shape index (κ2) is 8.69. The molecule has 1 amide bonds. The fraction of sp³-hybridized carbons (Fsp3) is 0.577. The predicted molar refractivity (Wildman–Crippen MR) is 132 cm³/mol. The quantitative estimate of drug-likeness (QED) is 0.596. The molecule has 0 spiro atoms. The fourth-order valence-electron chi connectivity index (χ4n) is 6.51. The highest BCUT2D eigenvalue weighted by Crippen LogP contribution is 2.59. The van der Waals surface area contributed by atoms with Gasteiger partial charge in [-0.3, -0.25) is 14.9 Å². The van der Waals surface area contributed by atoms with Crippen LogP contribution in [0.15, 0.2) is 12.1 Å². The summed E-state index contributed by atoms with van der Waals surface area (Å²) in [4.78, 5) is 31.5. The molecule has 1 aromatic carbocycles. The van der Waals surface area contributed by atoms with E-state index in [4.69, 9.17) is 23.9 Å². The van der Waals surface area contributed by atoms with E-state index in [9.17, 15) is 9.59 Å². The number of hydrogen-bond acceptors (Lipinski definition) is 8. The number of fused-ring (bicyclic) bond motifs is 4. The molecule has 1 saturated heterocycles. The molecule has 1 saturated carbocycles. The first-order chi connectivity index (χ1) is 16.7. The summed E-state index contributed by atoms with van der Waals surface area (Å²) in [6.07, 6.45) is 2.90. The average molecular weight is 501 g/mol. The van der Waals surface area contributed by atoms with Gasteiger partial charge in [-0.15, -0.1) is 11.3 Å². The Morgan fingerprint density at radius 1 is 1.14 bits per heavy atom. The summed E-state index contributed by atoms with van der Waals surface area (Å²) < 4.78 is 22.0. The van der Waals surface area contributed by atoms with E-state index in [1.807, 2.05) is 6.92 Å². The molecule has 2 aromatic rings. The third-order valence-electron chi connectivity index (χ3n) is 8.31. The first kappa shape index (κ1) is 23.9. The molecule has 1 aromatic heterocycles. The molecule has 1 N–H and O–H groups in total. The molecule has 0 radical (unpaired) electrons. The summed E-state index contributed by atoms with van der Waals surface area (Å²) >= 11 is 1.53. The zero-order valence-electron chi connectivity index (χ0n) is 21.0. The minimum absolute atomic E-state index is 0.0399. The number of aromatic nitrogens is 1. The Morgan fingerprint density at radius 2 is 1.83 bits per heavy atom. The molecule has 2 heterocycles. The molecule has 2 fully saturated rings. The molecule has 0 bridgehead atoms. The van der Waals surface area contributed by atoms with E-state index < -0.39 is 0 Å². The Morgan fingerprint density at radius 3 is 2.46 bits per heavy atom. The number of benzene rings is 1. The van der Waals surface area contributed by atoms with E-state index in [1.165, 1.54) is 37.5 Å². The van der Waals surface area contributed by atoms with Crippen LogP contribution in [0.2, 0.25) is 0 Å². The van der Waals surface area contributed by atoms with E-state index in [2.05, 4.69) is 19.2 Å². The van der Waals surface area contributed by atoms with Gasteiger partial charge in [0.15, 0.2) is 16.6 Å². The van der Waals surface area contributed by atoms with Gasteiger partial charge in [0.25, 0.3) is 5.91 Å². The molecule has 6 atom stereocenters. The molecule has 5 rings (SSSR count). The summed E-state index contributed by atoms with van der Waals surface area (Å²) in [5.74, 6) is 1.49. The largest absolute Gasteiger partial charge is 0.493 e. The Kier molecular flexibility index (Phi) is 5.94. The van der Waals surface area contributed by atoms with Crippen molar-refractivity contribution in [3.8, 4) is 17.2 Å². The molecular formula is C26H32N2O6S. The van der Waals surface area contributed by atoms with Crippen molar-refractivity contribution in [3.05, 3.63) is 28.3 Å². The average Bonchev–Trinajstić information content (AvgIpc) is 3.36. The van der Waals surface area contributed by atoms with Gasteiger partial charge in [-0.1, -0.05) is 20.8 Å².